The predicted molar refractivity (Wildman–Crippen MR) is 142 cm³/mol. The molecule has 0 spiro atoms. The number of aryl methyl sites for hydroxylation is 1. The Labute approximate surface area is 222 Å². The fraction of sp³-hybridized carbons (Fsp3) is 0.0833. The van der Waals surface area contributed by atoms with Crippen LogP contribution >= 0.6 is 34.8 Å². The Kier molecular flexibility index (Phi) is 6.34. The number of carbonyl (C=O) groups excluding carboxylic acids is 1. The molecule has 3 aromatic carbocycles. The highest BCUT2D eigenvalue weighted by atomic mass is 35.5. The summed E-state index contributed by atoms with van der Waals surface area (Å²) in [7, 11) is -2.36. The van der Waals surface area contributed by atoms with Crippen LogP contribution in [0.4, 0.5) is 21.9 Å². The van der Waals surface area contributed by atoms with E-state index in [1.54, 1.807) is 49.5 Å². The van der Waals surface area contributed by atoms with E-state index >= 15 is 0 Å². The monoisotopic (exact) mass is 561 g/mol. The van der Waals surface area contributed by atoms with Gasteiger partial charge in [-0.3, -0.25) is 9.62 Å². The number of aromatic nitrogens is 2. The van der Waals surface area contributed by atoms with Crippen molar-refractivity contribution in [2.45, 2.75) is 11.6 Å². The summed E-state index contributed by atoms with van der Waals surface area (Å²) in [6.07, 6.45) is 2.78. The topological polar surface area (TPSA) is 96.3 Å². The summed E-state index contributed by atoms with van der Waals surface area (Å²) in [5, 5.41) is 3.66. The summed E-state index contributed by atoms with van der Waals surface area (Å²) < 4.78 is 30.2. The molecule has 0 aliphatic carbocycles. The third-order valence-corrected chi connectivity index (χ3v) is 7.83. The molecule has 0 saturated carbocycles. The van der Waals surface area contributed by atoms with Crippen LogP contribution in [-0.4, -0.2) is 24.0 Å². The van der Waals surface area contributed by atoms with Crippen LogP contribution in [-0.2, 0) is 23.6 Å². The van der Waals surface area contributed by atoms with Crippen molar-refractivity contribution in [1.82, 2.24) is 14.9 Å². The predicted octanol–water partition coefficient (Wildman–Crippen LogP) is 6.21. The zero-order valence-corrected chi connectivity index (χ0v) is 21.8. The van der Waals surface area contributed by atoms with Crippen LogP contribution in [0.5, 0.6) is 0 Å². The minimum absolute atomic E-state index is 0.147. The first-order valence-corrected chi connectivity index (χ1v) is 13.2. The second-order valence-electron chi connectivity index (χ2n) is 8.05. The van der Waals surface area contributed by atoms with Gasteiger partial charge in [0.25, 0.3) is 10.0 Å². The van der Waals surface area contributed by atoms with E-state index in [1.807, 2.05) is 12.1 Å². The second-order valence-corrected chi connectivity index (χ2v) is 10.9. The molecular formula is C24H18Cl3N5O3S. The third-order valence-electron chi connectivity index (χ3n) is 5.62. The van der Waals surface area contributed by atoms with Gasteiger partial charge in [-0.2, -0.15) is 8.42 Å². The number of para-hydroxylation sites is 1. The number of rotatable bonds is 5. The molecule has 1 aliphatic rings. The molecular weight excluding hydrogens is 545 g/mol. The number of urea groups is 1. The summed E-state index contributed by atoms with van der Waals surface area (Å²) in [6.45, 7) is 0.181. The number of anilines is 3. The Morgan fingerprint density at radius 3 is 2.33 bits per heavy atom. The van der Waals surface area contributed by atoms with E-state index in [-0.39, 0.29) is 33.0 Å². The number of halogens is 3. The number of nitrogens with zero attached hydrogens (tertiary/aromatic N) is 3. The molecule has 0 atom stereocenters. The van der Waals surface area contributed by atoms with Gasteiger partial charge in [-0.1, -0.05) is 59.1 Å². The fourth-order valence-electron chi connectivity index (χ4n) is 4.03. The van der Waals surface area contributed by atoms with Crippen LogP contribution in [0.2, 0.25) is 15.1 Å². The molecule has 1 aromatic heterocycles. The number of fused-ring (bicyclic) bond motifs is 1. The van der Waals surface area contributed by atoms with Gasteiger partial charge in [-0.15, -0.1) is 0 Å². The van der Waals surface area contributed by atoms with Crippen LogP contribution in [0.3, 0.4) is 0 Å². The highest BCUT2D eigenvalue weighted by Crippen LogP contribution is 2.45. The van der Waals surface area contributed by atoms with Crippen molar-refractivity contribution in [2.24, 2.45) is 7.05 Å². The Balaban J connectivity index is 1.75. The Bertz CT molecular complexity index is 1600. The van der Waals surface area contributed by atoms with Gasteiger partial charge in [-0.25, -0.2) is 9.78 Å². The average molecular weight is 563 g/mol. The lowest BCUT2D eigenvalue weighted by Crippen LogP contribution is -2.41. The first kappa shape index (κ1) is 24.5. The fourth-order valence-corrected chi connectivity index (χ4v) is 5.86. The third kappa shape index (κ3) is 4.39. The minimum atomic E-state index is -4.03. The van der Waals surface area contributed by atoms with Gasteiger partial charge in [0.1, 0.15) is 0 Å². The lowest BCUT2D eigenvalue weighted by atomic mass is 9.95. The summed E-state index contributed by atoms with van der Waals surface area (Å²) in [5.74, 6) is 0. The van der Waals surface area contributed by atoms with Gasteiger partial charge in [-0.05, 0) is 35.9 Å². The molecule has 0 bridgehead atoms. The number of imidazole rings is 1. The molecule has 4 aromatic rings. The molecule has 2 N–H and O–H groups in total. The lowest BCUT2D eigenvalue weighted by molar-refractivity contribution is 0.247. The number of nitrogens with one attached hydrogen (secondary N) is 2. The summed E-state index contributed by atoms with van der Waals surface area (Å²) in [6, 6.07) is 14.8. The van der Waals surface area contributed by atoms with E-state index in [0.717, 1.165) is 0 Å². The van der Waals surface area contributed by atoms with E-state index in [9.17, 15) is 13.2 Å². The highest BCUT2D eigenvalue weighted by molar-refractivity contribution is 7.92. The zero-order chi connectivity index (χ0) is 25.6. The van der Waals surface area contributed by atoms with Gasteiger partial charge >= 0.3 is 6.03 Å². The van der Waals surface area contributed by atoms with Crippen molar-refractivity contribution in [3.63, 3.8) is 0 Å². The number of sulfonamides is 1. The van der Waals surface area contributed by atoms with Crippen molar-refractivity contribution in [3.8, 4) is 11.1 Å². The normalized spacial score (nSPS) is 13.3. The first-order chi connectivity index (χ1) is 17.2. The van der Waals surface area contributed by atoms with Crippen LogP contribution < -0.4 is 14.9 Å². The lowest BCUT2D eigenvalue weighted by Gasteiger charge is -2.33. The van der Waals surface area contributed by atoms with E-state index in [4.69, 9.17) is 34.8 Å². The number of hydrogen-bond donors (Lipinski definition) is 2. The molecule has 8 nitrogen and oxygen atoms in total. The Morgan fingerprint density at radius 2 is 1.67 bits per heavy atom. The van der Waals surface area contributed by atoms with Crippen LogP contribution in [0.1, 0.15) is 5.56 Å². The van der Waals surface area contributed by atoms with Crippen molar-refractivity contribution in [3.05, 3.63) is 87.8 Å². The smallest absolute Gasteiger partial charge is 0.326 e. The van der Waals surface area contributed by atoms with Gasteiger partial charge in [0, 0.05) is 35.9 Å². The molecule has 184 valence electrons. The molecule has 12 heteroatoms. The van der Waals surface area contributed by atoms with Crippen molar-refractivity contribution in [1.29, 1.82) is 0 Å². The number of hydrogen-bond acceptors (Lipinski definition) is 4. The maximum Gasteiger partial charge on any atom is 0.326 e. The SMILES string of the molecule is Cn1cnc(S(=O)(=O)Nc2cc(-c3ccccc3Cl)c3c(c2)N(c2c(Cl)cccc2Cl)C(=O)NC3)c1. The molecule has 1 aliphatic heterocycles. The van der Waals surface area contributed by atoms with Crippen LogP contribution in [0, 0.1) is 0 Å². The standard InChI is InChI=1S/C24H18Cl3N5O3S/c1-31-12-22(29-13-31)36(34,35)30-14-9-16(15-5-2-3-6-18(15)25)17-11-28-24(33)32(21(17)10-14)23-19(26)7-4-8-20(23)27/h2-10,12-13,30H,11H2,1H3,(H,28,33). The van der Waals surface area contributed by atoms with E-state index in [0.29, 0.717) is 27.4 Å². The summed E-state index contributed by atoms with van der Waals surface area (Å²) in [5.41, 5.74) is 2.89. The number of benzene rings is 3. The molecule has 0 saturated heterocycles. The largest absolute Gasteiger partial charge is 0.339 e. The molecule has 2 amide bonds. The van der Waals surface area contributed by atoms with E-state index in [2.05, 4.69) is 15.0 Å². The molecule has 0 fully saturated rings. The minimum Gasteiger partial charge on any atom is -0.339 e. The Hall–Kier alpha value is -3.24. The maximum absolute atomic E-state index is 13.1. The molecule has 2 heterocycles. The van der Waals surface area contributed by atoms with E-state index in [1.165, 1.54) is 22.0 Å². The quantitative estimate of drug-likeness (QED) is 0.302. The van der Waals surface area contributed by atoms with E-state index < -0.39 is 16.1 Å². The van der Waals surface area contributed by atoms with Gasteiger partial charge in [0.2, 0.25) is 0 Å². The second kappa shape index (κ2) is 9.33. The van der Waals surface area contributed by atoms with Crippen molar-refractivity contribution in [2.75, 3.05) is 9.62 Å². The first-order valence-electron chi connectivity index (χ1n) is 10.6. The van der Waals surface area contributed by atoms with Crippen LogP contribution in [0.15, 0.2) is 72.1 Å². The summed E-state index contributed by atoms with van der Waals surface area (Å²) in [4.78, 5) is 18.4. The van der Waals surface area contributed by atoms with Crippen molar-refractivity contribution >= 4 is 67.9 Å². The van der Waals surface area contributed by atoms with Crippen LogP contribution in [0.25, 0.3) is 11.1 Å². The Morgan fingerprint density at radius 1 is 0.972 bits per heavy atom. The maximum atomic E-state index is 13.1. The number of carbonyl (C=O) groups is 1. The zero-order valence-electron chi connectivity index (χ0n) is 18.7. The van der Waals surface area contributed by atoms with Gasteiger partial charge in [0.05, 0.1) is 33.4 Å². The van der Waals surface area contributed by atoms with Gasteiger partial charge < -0.3 is 9.88 Å². The summed E-state index contributed by atoms with van der Waals surface area (Å²) >= 11 is 19.4. The van der Waals surface area contributed by atoms with Gasteiger partial charge in [0.15, 0.2) is 5.03 Å². The number of amides is 2. The molecule has 0 unspecified atom stereocenters. The molecule has 0 radical (unpaired) electrons. The van der Waals surface area contributed by atoms with Crippen molar-refractivity contribution < 1.29 is 13.2 Å². The molecule has 36 heavy (non-hydrogen) atoms. The molecule has 5 rings (SSSR count). The highest BCUT2D eigenvalue weighted by Gasteiger charge is 2.32. The average Bonchev–Trinajstić information content (AvgIpc) is 3.27.